The Hall–Kier alpha value is -2.09. The van der Waals surface area contributed by atoms with Crippen molar-refractivity contribution in [1.29, 1.82) is 0 Å². The average Bonchev–Trinajstić information content (AvgIpc) is 2.94. The van der Waals surface area contributed by atoms with Gasteiger partial charge in [0.05, 0.1) is 17.6 Å². The molecule has 0 atom stereocenters. The second kappa shape index (κ2) is 7.65. The first-order valence-corrected chi connectivity index (χ1v) is 9.09. The van der Waals surface area contributed by atoms with Gasteiger partial charge in [-0.25, -0.2) is 4.98 Å². The summed E-state index contributed by atoms with van der Waals surface area (Å²) < 4.78 is 5.15. The fraction of sp³-hybridized carbons (Fsp3) is 0.500. The molecule has 128 valence electrons. The molecule has 1 aliphatic rings. The summed E-state index contributed by atoms with van der Waals surface area (Å²) in [7, 11) is 0. The summed E-state index contributed by atoms with van der Waals surface area (Å²) in [6.07, 6.45) is 5.12. The highest BCUT2D eigenvalue weighted by Gasteiger charge is 2.22. The second-order valence-corrected chi connectivity index (χ2v) is 6.71. The molecule has 0 unspecified atom stereocenters. The van der Waals surface area contributed by atoms with Crippen LogP contribution in [0, 0.1) is 13.8 Å². The van der Waals surface area contributed by atoms with Crippen molar-refractivity contribution in [3.63, 3.8) is 0 Å². The fourth-order valence-corrected chi connectivity index (χ4v) is 3.75. The van der Waals surface area contributed by atoms with Crippen LogP contribution in [0.3, 0.4) is 0 Å². The molecule has 0 bridgehead atoms. The first-order chi connectivity index (χ1) is 11.6. The standard InChI is InChI=1S/C16H21N5O2S/c1-12-14(13(2)23-19-12)10-24-11-16(22)21-7-5-20(6-8-21)15-9-17-3-4-18-15/h3-4,9H,5-8,10-11H2,1-2H3. The second-order valence-electron chi connectivity index (χ2n) is 5.73. The summed E-state index contributed by atoms with van der Waals surface area (Å²) in [4.78, 5) is 24.8. The highest BCUT2D eigenvalue weighted by atomic mass is 32.2. The fourth-order valence-electron chi connectivity index (χ4n) is 2.68. The minimum Gasteiger partial charge on any atom is -0.361 e. The van der Waals surface area contributed by atoms with E-state index < -0.39 is 0 Å². The summed E-state index contributed by atoms with van der Waals surface area (Å²) in [5, 5.41) is 3.94. The Kier molecular flexibility index (Phi) is 5.34. The SMILES string of the molecule is Cc1noc(C)c1CSCC(=O)N1CCN(c2cnccn2)CC1. The molecule has 8 heteroatoms. The number of carbonyl (C=O) groups is 1. The van der Waals surface area contributed by atoms with Crippen molar-refractivity contribution < 1.29 is 9.32 Å². The van der Waals surface area contributed by atoms with Gasteiger partial charge >= 0.3 is 0 Å². The van der Waals surface area contributed by atoms with Crippen LogP contribution in [0.1, 0.15) is 17.0 Å². The van der Waals surface area contributed by atoms with Crippen LogP contribution >= 0.6 is 11.8 Å². The summed E-state index contributed by atoms with van der Waals surface area (Å²) >= 11 is 1.61. The van der Waals surface area contributed by atoms with Gasteiger partial charge in [-0.1, -0.05) is 5.16 Å². The van der Waals surface area contributed by atoms with Crippen LogP contribution in [0.15, 0.2) is 23.1 Å². The zero-order valence-corrected chi connectivity index (χ0v) is 14.8. The van der Waals surface area contributed by atoms with Gasteiger partial charge < -0.3 is 14.3 Å². The number of anilines is 1. The van der Waals surface area contributed by atoms with E-state index in [0.717, 1.165) is 54.8 Å². The topological polar surface area (TPSA) is 75.4 Å². The number of aryl methyl sites for hydroxylation is 2. The van der Waals surface area contributed by atoms with Crippen molar-refractivity contribution in [3.8, 4) is 0 Å². The van der Waals surface area contributed by atoms with Gasteiger partial charge in [0, 0.05) is 49.9 Å². The van der Waals surface area contributed by atoms with E-state index in [1.807, 2.05) is 18.7 Å². The van der Waals surface area contributed by atoms with Crippen molar-refractivity contribution in [2.24, 2.45) is 0 Å². The van der Waals surface area contributed by atoms with Crippen molar-refractivity contribution in [3.05, 3.63) is 35.6 Å². The smallest absolute Gasteiger partial charge is 0.232 e. The first-order valence-electron chi connectivity index (χ1n) is 7.93. The Morgan fingerprint density at radius 2 is 2.04 bits per heavy atom. The molecule has 0 aliphatic carbocycles. The molecule has 7 nitrogen and oxygen atoms in total. The number of hydrogen-bond donors (Lipinski definition) is 0. The van der Waals surface area contributed by atoms with Crippen molar-refractivity contribution in [2.45, 2.75) is 19.6 Å². The maximum atomic E-state index is 12.4. The third-order valence-electron chi connectivity index (χ3n) is 4.16. The van der Waals surface area contributed by atoms with Crippen LogP contribution in [-0.4, -0.2) is 57.9 Å². The van der Waals surface area contributed by atoms with Crippen molar-refractivity contribution in [2.75, 3.05) is 36.8 Å². The molecule has 0 saturated carbocycles. The quantitative estimate of drug-likeness (QED) is 0.814. The van der Waals surface area contributed by atoms with E-state index >= 15 is 0 Å². The molecule has 1 amide bonds. The molecular formula is C16H21N5O2S. The van der Waals surface area contributed by atoms with Crippen LogP contribution in [0.5, 0.6) is 0 Å². The lowest BCUT2D eigenvalue weighted by molar-refractivity contribution is -0.128. The minimum absolute atomic E-state index is 0.186. The predicted octanol–water partition coefficient (Wildman–Crippen LogP) is 1.66. The van der Waals surface area contributed by atoms with E-state index in [2.05, 4.69) is 20.0 Å². The van der Waals surface area contributed by atoms with Crippen molar-refractivity contribution in [1.82, 2.24) is 20.0 Å². The van der Waals surface area contributed by atoms with Crippen LogP contribution < -0.4 is 4.90 Å². The van der Waals surface area contributed by atoms with Gasteiger partial charge in [-0.15, -0.1) is 11.8 Å². The molecule has 3 rings (SSSR count). The lowest BCUT2D eigenvalue weighted by Crippen LogP contribution is -2.49. The number of aromatic nitrogens is 3. The van der Waals surface area contributed by atoms with E-state index in [1.165, 1.54) is 0 Å². The summed E-state index contributed by atoms with van der Waals surface area (Å²) in [6.45, 7) is 6.86. The maximum absolute atomic E-state index is 12.4. The molecule has 2 aromatic rings. The molecule has 0 N–H and O–H groups in total. The van der Waals surface area contributed by atoms with Crippen molar-refractivity contribution >= 4 is 23.5 Å². The number of hydrogen-bond acceptors (Lipinski definition) is 7. The van der Waals surface area contributed by atoms with E-state index in [0.29, 0.717) is 5.75 Å². The first kappa shape index (κ1) is 16.8. The monoisotopic (exact) mass is 347 g/mol. The molecule has 1 saturated heterocycles. The number of amides is 1. The minimum atomic E-state index is 0.186. The number of piperazine rings is 1. The molecule has 24 heavy (non-hydrogen) atoms. The Labute approximate surface area is 145 Å². The molecule has 2 aromatic heterocycles. The highest BCUT2D eigenvalue weighted by molar-refractivity contribution is 7.99. The average molecular weight is 347 g/mol. The molecule has 0 aromatic carbocycles. The molecule has 1 fully saturated rings. The van der Waals surface area contributed by atoms with Crippen LogP contribution in [0.25, 0.3) is 0 Å². The van der Waals surface area contributed by atoms with Gasteiger partial charge in [0.25, 0.3) is 0 Å². The molecule has 0 radical (unpaired) electrons. The van der Waals surface area contributed by atoms with Crippen LogP contribution in [0.4, 0.5) is 5.82 Å². The van der Waals surface area contributed by atoms with E-state index in [1.54, 1.807) is 30.4 Å². The Bertz CT molecular complexity index is 664. The van der Waals surface area contributed by atoms with Gasteiger partial charge in [0.2, 0.25) is 5.91 Å². The normalized spacial score (nSPS) is 14.9. The zero-order chi connectivity index (χ0) is 16.9. The maximum Gasteiger partial charge on any atom is 0.232 e. The highest BCUT2D eigenvalue weighted by Crippen LogP contribution is 2.20. The number of thioether (sulfide) groups is 1. The third-order valence-corrected chi connectivity index (χ3v) is 5.10. The Balaban J connectivity index is 1.44. The van der Waals surface area contributed by atoms with Gasteiger partial charge in [-0.3, -0.25) is 9.78 Å². The molecular weight excluding hydrogens is 326 g/mol. The van der Waals surface area contributed by atoms with Gasteiger partial charge in [-0.05, 0) is 13.8 Å². The molecule has 1 aliphatic heterocycles. The zero-order valence-electron chi connectivity index (χ0n) is 13.9. The lowest BCUT2D eigenvalue weighted by Gasteiger charge is -2.35. The van der Waals surface area contributed by atoms with E-state index in [4.69, 9.17) is 4.52 Å². The van der Waals surface area contributed by atoms with Gasteiger partial charge in [-0.2, -0.15) is 0 Å². The van der Waals surface area contributed by atoms with Crippen LogP contribution in [0.2, 0.25) is 0 Å². The number of carbonyl (C=O) groups excluding carboxylic acids is 1. The molecule has 3 heterocycles. The Morgan fingerprint density at radius 3 is 2.67 bits per heavy atom. The largest absolute Gasteiger partial charge is 0.361 e. The summed E-state index contributed by atoms with van der Waals surface area (Å²) in [6, 6.07) is 0. The van der Waals surface area contributed by atoms with E-state index in [9.17, 15) is 4.79 Å². The number of nitrogens with zero attached hydrogens (tertiary/aromatic N) is 5. The Morgan fingerprint density at radius 1 is 1.25 bits per heavy atom. The lowest BCUT2D eigenvalue weighted by atomic mass is 10.2. The predicted molar refractivity (Wildman–Crippen MR) is 93.0 cm³/mol. The van der Waals surface area contributed by atoms with Gasteiger partial charge in [0.15, 0.2) is 0 Å². The van der Waals surface area contributed by atoms with Crippen LogP contribution in [-0.2, 0) is 10.5 Å². The summed E-state index contributed by atoms with van der Waals surface area (Å²) in [5.41, 5.74) is 2.00. The number of rotatable bonds is 5. The van der Waals surface area contributed by atoms with E-state index in [-0.39, 0.29) is 5.91 Å². The summed E-state index contributed by atoms with van der Waals surface area (Å²) in [5.74, 6) is 3.13. The third kappa shape index (κ3) is 3.87. The van der Waals surface area contributed by atoms with Gasteiger partial charge in [0.1, 0.15) is 11.6 Å². The molecule has 0 spiro atoms.